The Kier molecular flexibility index (Phi) is 6.08. The second kappa shape index (κ2) is 8.13. The second-order valence-electron chi connectivity index (χ2n) is 10.8. The minimum absolute atomic E-state index is 0.156. The van der Waals surface area contributed by atoms with E-state index in [2.05, 4.69) is 88.5 Å². The van der Waals surface area contributed by atoms with Crippen LogP contribution in [0.25, 0.3) is 0 Å². The van der Waals surface area contributed by atoms with Crippen molar-refractivity contribution in [3.05, 3.63) is 52.8 Å². The third-order valence-electron chi connectivity index (χ3n) is 6.31. The van der Waals surface area contributed by atoms with Crippen LogP contribution >= 0.6 is 0 Å². The Hall–Kier alpha value is -2.23. The van der Waals surface area contributed by atoms with Gasteiger partial charge in [-0.05, 0) is 58.9 Å². The van der Waals surface area contributed by atoms with Crippen LogP contribution in [0, 0.1) is 0 Å². The summed E-state index contributed by atoms with van der Waals surface area (Å²) in [7, 11) is 2.05. The summed E-state index contributed by atoms with van der Waals surface area (Å²) in [6.45, 7) is 13.6. The van der Waals surface area contributed by atoms with Gasteiger partial charge in [0.25, 0.3) is 0 Å². The van der Waals surface area contributed by atoms with Crippen molar-refractivity contribution in [2.75, 3.05) is 6.54 Å². The zero-order valence-electron chi connectivity index (χ0n) is 19.7. The Morgan fingerprint density at radius 3 is 2.20 bits per heavy atom. The zero-order chi connectivity index (χ0) is 22.3. The van der Waals surface area contributed by atoms with Gasteiger partial charge in [-0.2, -0.15) is 0 Å². The van der Waals surface area contributed by atoms with Gasteiger partial charge in [-0.3, -0.25) is 4.79 Å². The van der Waals surface area contributed by atoms with Crippen molar-refractivity contribution < 1.29 is 9.90 Å². The molecule has 1 aliphatic heterocycles. The highest BCUT2D eigenvalue weighted by atomic mass is 16.3. The first-order chi connectivity index (χ1) is 13.9. The summed E-state index contributed by atoms with van der Waals surface area (Å²) in [5.74, 6) is 0.620. The van der Waals surface area contributed by atoms with Gasteiger partial charge >= 0.3 is 0 Å². The topological polar surface area (TPSA) is 45.5 Å². The van der Waals surface area contributed by atoms with E-state index in [1.165, 1.54) is 5.69 Å². The van der Waals surface area contributed by atoms with Crippen LogP contribution in [-0.2, 0) is 29.1 Å². The van der Waals surface area contributed by atoms with Crippen molar-refractivity contribution in [2.24, 2.45) is 7.05 Å². The molecule has 1 N–H and O–H groups in total. The van der Waals surface area contributed by atoms with E-state index in [1.807, 2.05) is 0 Å². The summed E-state index contributed by atoms with van der Waals surface area (Å²) >= 11 is 0. The monoisotopic (exact) mass is 410 g/mol. The van der Waals surface area contributed by atoms with Crippen LogP contribution in [0.15, 0.2) is 30.5 Å². The van der Waals surface area contributed by atoms with Gasteiger partial charge in [0.1, 0.15) is 5.75 Å². The summed E-state index contributed by atoms with van der Waals surface area (Å²) in [6, 6.07) is 8.55. The molecule has 1 aromatic carbocycles. The molecule has 0 saturated carbocycles. The van der Waals surface area contributed by atoms with E-state index in [0.717, 1.165) is 36.1 Å². The SMILES string of the molecule is Cn1cccc1C1CCCN1C(=O)CCc1cc(C(C)(C)C)c(O)c(C(C)(C)C)c1. The highest BCUT2D eigenvalue weighted by Crippen LogP contribution is 2.40. The predicted octanol–water partition coefficient (Wildman–Crippen LogP) is 5.62. The van der Waals surface area contributed by atoms with Gasteiger partial charge < -0.3 is 14.6 Å². The Morgan fingerprint density at radius 1 is 1.10 bits per heavy atom. The summed E-state index contributed by atoms with van der Waals surface area (Å²) < 4.78 is 2.13. The van der Waals surface area contributed by atoms with E-state index < -0.39 is 0 Å². The fourth-order valence-corrected chi connectivity index (χ4v) is 4.57. The fourth-order valence-electron chi connectivity index (χ4n) is 4.57. The van der Waals surface area contributed by atoms with Crippen molar-refractivity contribution in [3.8, 4) is 5.75 Å². The molecule has 0 radical (unpaired) electrons. The quantitative estimate of drug-likeness (QED) is 0.711. The number of benzene rings is 1. The molecule has 2 heterocycles. The Labute approximate surface area is 181 Å². The number of nitrogens with zero attached hydrogens (tertiary/aromatic N) is 2. The molecule has 1 atom stereocenters. The molecule has 2 aromatic rings. The normalized spacial score (nSPS) is 17.6. The summed E-state index contributed by atoms with van der Waals surface area (Å²) in [5.41, 5.74) is 3.95. The van der Waals surface area contributed by atoms with Crippen molar-refractivity contribution in [1.82, 2.24) is 9.47 Å². The van der Waals surface area contributed by atoms with E-state index in [-0.39, 0.29) is 22.8 Å². The van der Waals surface area contributed by atoms with Gasteiger partial charge in [0.2, 0.25) is 5.91 Å². The van der Waals surface area contributed by atoms with Gasteiger partial charge in [0, 0.05) is 31.9 Å². The van der Waals surface area contributed by atoms with Crippen molar-refractivity contribution in [3.63, 3.8) is 0 Å². The minimum atomic E-state index is -0.156. The number of likely N-dealkylation sites (tertiary alicyclic amines) is 1. The molecule has 0 spiro atoms. The smallest absolute Gasteiger partial charge is 0.223 e. The summed E-state index contributed by atoms with van der Waals surface area (Å²) in [5, 5.41) is 10.9. The number of aromatic nitrogens is 1. The van der Waals surface area contributed by atoms with Crippen LogP contribution in [0.3, 0.4) is 0 Å². The van der Waals surface area contributed by atoms with Gasteiger partial charge in [-0.25, -0.2) is 0 Å². The molecule has 0 bridgehead atoms. The Bertz CT molecular complexity index is 877. The number of carbonyl (C=O) groups is 1. The first kappa shape index (κ1) is 22.5. The predicted molar refractivity (Wildman–Crippen MR) is 123 cm³/mol. The van der Waals surface area contributed by atoms with Crippen LogP contribution in [0.5, 0.6) is 5.75 Å². The van der Waals surface area contributed by atoms with Gasteiger partial charge in [-0.1, -0.05) is 53.7 Å². The first-order valence-corrected chi connectivity index (χ1v) is 11.2. The third kappa shape index (κ3) is 4.58. The van der Waals surface area contributed by atoms with Crippen molar-refractivity contribution in [2.45, 2.75) is 84.1 Å². The van der Waals surface area contributed by atoms with Gasteiger partial charge in [0.05, 0.1) is 6.04 Å². The lowest BCUT2D eigenvalue weighted by atomic mass is 9.78. The van der Waals surface area contributed by atoms with Gasteiger partial charge in [0.15, 0.2) is 0 Å². The third-order valence-corrected chi connectivity index (χ3v) is 6.31. The lowest BCUT2D eigenvalue weighted by molar-refractivity contribution is -0.132. The highest BCUT2D eigenvalue weighted by Gasteiger charge is 2.31. The number of aryl methyl sites for hydroxylation is 2. The number of hydrogen-bond acceptors (Lipinski definition) is 2. The molecule has 1 saturated heterocycles. The molecule has 1 fully saturated rings. The molecule has 3 rings (SSSR count). The number of carbonyl (C=O) groups excluding carboxylic acids is 1. The molecule has 1 amide bonds. The zero-order valence-corrected chi connectivity index (χ0v) is 19.7. The maximum absolute atomic E-state index is 13.1. The van der Waals surface area contributed by atoms with Crippen molar-refractivity contribution in [1.29, 1.82) is 0 Å². The minimum Gasteiger partial charge on any atom is -0.507 e. The van der Waals surface area contributed by atoms with Gasteiger partial charge in [-0.15, -0.1) is 0 Å². The fraction of sp³-hybridized carbons (Fsp3) is 0.577. The van der Waals surface area contributed by atoms with Crippen LogP contribution in [-0.4, -0.2) is 27.0 Å². The highest BCUT2D eigenvalue weighted by molar-refractivity contribution is 5.77. The molecule has 4 nitrogen and oxygen atoms in total. The van der Waals surface area contributed by atoms with E-state index in [0.29, 0.717) is 18.6 Å². The number of hydrogen-bond donors (Lipinski definition) is 1. The lowest BCUT2D eigenvalue weighted by Gasteiger charge is -2.28. The number of phenols is 1. The van der Waals surface area contributed by atoms with Crippen LogP contribution in [0.1, 0.15) is 89.2 Å². The average molecular weight is 411 g/mol. The van der Waals surface area contributed by atoms with Crippen LogP contribution in [0.4, 0.5) is 0 Å². The van der Waals surface area contributed by atoms with E-state index in [9.17, 15) is 9.90 Å². The number of amides is 1. The molecule has 1 aliphatic rings. The summed E-state index contributed by atoms with van der Waals surface area (Å²) in [4.78, 5) is 15.2. The average Bonchev–Trinajstić information content (AvgIpc) is 3.26. The van der Waals surface area contributed by atoms with E-state index in [1.54, 1.807) is 0 Å². The standard InChI is InChI=1S/C26H38N2O2/c1-25(2,3)19-16-18(17-20(24(19)30)26(4,5)6)12-13-23(29)28-15-9-11-22(28)21-10-8-14-27(21)7/h8,10,14,16-17,22,30H,9,11-13,15H2,1-7H3. The van der Waals surface area contributed by atoms with E-state index >= 15 is 0 Å². The Balaban J connectivity index is 1.81. The maximum Gasteiger partial charge on any atom is 0.223 e. The molecule has 1 aromatic heterocycles. The second-order valence-corrected chi connectivity index (χ2v) is 10.8. The molecule has 0 aliphatic carbocycles. The number of phenolic OH excluding ortho intramolecular Hbond substituents is 1. The molecule has 164 valence electrons. The summed E-state index contributed by atoms with van der Waals surface area (Å²) in [6.07, 6.45) is 5.34. The number of aromatic hydroxyl groups is 1. The van der Waals surface area contributed by atoms with Crippen LogP contribution < -0.4 is 0 Å². The first-order valence-electron chi connectivity index (χ1n) is 11.2. The lowest BCUT2D eigenvalue weighted by Crippen LogP contribution is -2.31. The van der Waals surface area contributed by atoms with Crippen LogP contribution in [0.2, 0.25) is 0 Å². The largest absolute Gasteiger partial charge is 0.507 e. The molecular formula is C26H38N2O2. The maximum atomic E-state index is 13.1. The molecular weight excluding hydrogens is 372 g/mol. The molecule has 30 heavy (non-hydrogen) atoms. The number of rotatable bonds is 4. The molecule has 1 unspecified atom stereocenters. The molecule has 4 heteroatoms. The Morgan fingerprint density at radius 2 is 1.70 bits per heavy atom. The van der Waals surface area contributed by atoms with E-state index in [4.69, 9.17) is 0 Å². The van der Waals surface area contributed by atoms with Crippen molar-refractivity contribution >= 4 is 5.91 Å².